The summed E-state index contributed by atoms with van der Waals surface area (Å²) in [5.41, 5.74) is 1.00. The predicted octanol–water partition coefficient (Wildman–Crippen LogP) is 4.61. The van der Waals surface area contributed by atoms with Crippen molar-refractivity contribution >= 4 is 18.4 Å². The molecule has 4 heteroatoms. The van der Waals surface area contributed by atoms with Crippen LogP contribution < -0.4 is 0 Å². The highest BCUT2D eigenvalue weighted by atomic mass is 31.2. The van der Waals surface area contributed by atoms with Crippen molar-refractivity contribution in [2.45, 2.75) is 20.0 Å². The van der Waals surface area contributed by atoms with Gasteiger partial charge in [0.1, 0.15) is 0 Å². The summed E-state index contributed by atoms with van der Waals surface area (Å²) in [4.78, 5) is 0. The van der Waals surface area contributed by atoms with Gasteiger partial charge in [-0.25, -0.2) is 0 Å². The van der Waals surface area contributed by atoms with E-state index in [0.717, 1.165) is 16.3 Å². The molecule has 0 radical (unpaired) electrons. The van der Waals surface area contributed by atoms with Gasteiger partial charge in [-0.15, -0.1) is 0 Å². The van der Waals surface area contributed by atoms with Crippen LogP contribution in [0.15, 0.2) is 42.5 Å². The monoisotopic (exact) mass is 278 g/mol. The summed E-state index contributed by atoms with van der Waals surface area (Å²) in [6.45, 7) is 4.44. The van der Waals surface area contributed by atoms with Crippen molar-refractivity contribution in [3.63, 3.8) is 0 Å². The molecule has 0 bridgehead atoms. The van der Waals surface area contributed by atoms with Gasteiger partial charge in [0.2, 0.25) is 0 Å². The van der Waals surface area contributed by atoms with E-state index in [2.05, 4.69) is 0 Å². The Kier molecular flexibility index (Phi) is 4.76. The topological polar surface area (TPSA) is 35.5 Å². The number of hydrogen-bond donors (Lipinski definition) is 0. The lowest BCUT2D eigenvalue weighted by Gasteiger charge is -2.17. The van der Waals surface area contributed by atoms with Gasteiger partial charge in [-0.05, 0) is 30.2 Å². The molecular formula is C15H19O3P. The van der Waals surface area contributed by atoms with E-state index in [0.29, 0.717) is 19.4 Å². The standard InChI is InChI=1S/C15H19O3P/c1-3-17-19(16,18-4-2)12-14-10-7-9-13-8-5-6-11-15(13)14/h5-11H,3-4,12H2,1-2H3. The second kappa shape index (κ2) is 6.33. The van der Waals surface area contributed by atoms with E-state index in [4.69, 9.17) is 9.05 Å². The van der Waals surface area contributed by atoms with Gasteiger partial charge in [0.25, 0.3) is 0 Å². The molecule has 0 aromatic heterocycles. The van der Waals surface area contributed by atoms with Crippen molar-refractivity contribution in [2.75, 3.05) is 13.2 Å². The molecule has 0 unspecified atom stereocenters. The van der Waals surface area contributed by atoms with Gasteiger partial charge in [0, 0.05) is 0 Å². The SMILES string of the molecule is CCOP(=O)(Cc1cccc2ccccc12)OCC. The van der Waals surface area contributed by atoms with Gasteiger partial charge in [-0.1, -0.05) is 42.5 Å². The summed E-state index contributed by atoms with van der Waals surface area (Å²) in [6.07, 6.45) is 0.316. The first-order chi connectivity index (χ1) is 9.18. The summed E-state index contributed by atoms with van der Waals surface area (Å²) >= 11 is 0. The molecular weight excluding hydrogens is 259 g/mol. The summed E-state index contributed by atoms with van der Waals surface area (Å²) in [5.74, 6) is 0. The van der Waals surface area contributed by atoms with E-state index in [1.54, 1.807) is 0 Å². The van der Waals surface area contributed by atoms with Crippen LogP contribution in [0, 0.1) is 0 Å². The van der Waals surface area contributed by atoms with Crippen LogP contribution in [-0.4, -0.2) is 13.2 Å². The van der Waals surface area contributed by atoms with Crippen LogP contribution in [0.3, 0.4) is 0 Å². The molecule has 0 aliphatic carbocycles. The van der Waals surface area contributed by atoms with Crippen molar-refractivity contribution in [3.8, 4) is 0 Å². The van der Waals surface area contributed by atoms with Crippen LogP contribution >= 0.6 is 7.60 Å². The molecule has 0 heterocycles. The minimum absolute atomic E-state index is 0.316. The molecule has 0 spiro atoms. The second-order valence-corrected chi connectivity index (χ2v) is 6.30. The zero-order valence-electron chi connectivity index (χ0n) is 11.3. The molecule has 0 N–H and O–H groups in total. The summed E-state index contributed by atoms with van der Waals surface area (Å²) in [6, 6.07) is 14.1. The van der Waals surface area contributed by atoms with Crippen LogP contribution in [-0.2, 0) is 19.8 Å². The van der Waals surface area contributed by atoms with Gasteiger partial charge >= 0.3 is 7.60 Å². The van der Waals surface area contributed by atoms with E-state index in [1.807, 2.05) is 56.3 Å². The molecule has 0 aliphatic heterocycles. The van der Waals surface area contributed by atoms with Gasteiger partial charge < -0.3 is 9.05 Å². The maximum atomic E-state index is 12.6. The Labute approximate surface area is 114 Å². The van der Waals surface area contributed by atoms with E-state index in [-0.39, 0.29) is 0 Å². The molecule has 2 aromatic rings. The van der Waals surface area contributed by atoms with Gasteiger partial charge in [-0.3, -0.25) is 4.57 Å². The zero-order chi connectivity index (χ0) is 13.7. The van der Waals surface area contributed by atoms with Crippen molar-refractivity contribution in [1.82, 2.24) is 0 Å². The largest absolute Gasteiger partial charge is 0.335 e. The predicted molar refractivity (Wildman–Crippen MR) is 78.5 cm³/mol. The van der Waals surface area contributed by atoms with Crippen LogP contribution in [0.2, 0.25) is 0 Å². The molecule has 0 atom stereocenters. The molecule has 0 saturated heterocycles. The quantitative estimate of drug-likeness (QED) is 0.724. The van der Waals surface area contributed by atoms with Crippen molar-refractivity contribution < 1.29 is 13.6 Å². The van der Waals surface area contributed by atoms with Crippen LogP contribution in [0.4, 0.5) is 0 Å². The average molecular weight is 278 g/mol. The lowest BCUT2D eigenvalue weighted by atomic mass is 10.1. The van der Waals surface area contributed by atoms with Gasteiger partial charge in [0.15, 0.2) is 0 Å². The molecule has 0 aliphatic rings. The molecule has 0 saturated carbocycles. The minimum atomic E-state index is -3.05. The lowest BCUT2D eigenvalue weighted by molar-refractivity contribution is 0.219. The highest BCUT2D eigenvalue weighted by Crippen LogP contribution is 2.51. The third kappa shape index (κ3) is 3.44. The Morgan fingerprint density at radius 1 is 0.947 bits per heavy atom. The maximum Gasteiger partial charge on any atom is 0.335 e. The fourth-order valence-electron chi connectivity index (χ4n) is 2.16. The summed E-state index contributed by atoms with van der Waals surface area (Å²) < 4.78 is 23.3. The first-order valence-corrected chi connectivity index (χ1v) is 8.26. The van der Waals surface area contributed by atoms with Crippen LogP contribution in [0.25, 0.3) is 10.8 Å². The molecule has 2 rings (SSSR count). The summed E-state index contributed by atoms with van der Waals surface area (Å²) in [7, 11) is -3.05. The Hall–Kier alpha value is -1.15. The summed E-state index contributed by atoms with van der Waals surface area (Å²) in [5, 5.41) is 2.24. The fourth-order valence-corrected chi connectivity index (χ4v) is 3.90. The molecule has 0 fully saturated rings. The second-order valence-electron chi connectivity index (χ2n) is 4.24. The highest BCUT2D eigenvalue weighted by Gasteiger charge is 2.24. The molecule has 19 heavy (non-hydrogen) atoms. The number of benzene rings is 2. The first kappa shape index (κ1) is 14.3. The number of fused-ring (bicyclic) bond motifs is 1. The Bertz CT molecular complexity index is 579. The van der Waals surface area contributed by atoms with E-state index >= 15 is 0 Å². The maximum absolute atomic E-state index is 12.6. The fraction of sp³-hybridized carbons (Fsp3) is 0.333. The van der Waals surface area contributed by atoms with Crippen LogP contribution in [0.5, 0.6) is 0 Å². The van der Waals surface area contributed by atoms with Gasteiger partial charge in [0.05, 0.1) is 19.4 Å². The third-order valence-corrected chi connectivity index (χ3v) is 4.93. The molecule has 102 valence electrons. The third-order valence-electron chi connectivity index (χ3n) is 2.90. The van der Waals surface area contributed by atoms with Crippen LogP contribution in [0.1, 0.15) is 19.4 Å². The average Bonchev–Trinajstić information content (AvgIpc) is 2.39. The Morgan fingerprint density at radius 2 is 1.58 bits per heavy atom. The zero-order valence-corrected chi connectivity index (χ0v) is 12.2. The highest BCUT2D eigenvalue weighted by molar-refractivity contribution is 7.53. The van der Waals surface area contributed by atoms with Crippen molar-refractivity contribution in [2.24, 2.45) is 0 Å². The number of rotatable bonds is 6. The van der Waals surface area contributed by atoms with Crippen molar-refractivity contribution in [1.29, 1.82) is 0 Å². The Balaban J connectivity index is 2.36. The molecule has 0 amide bonds. The first-order valence-electron chi connectivity index (χ1n) is 6.53. The van der Waals surface area contributed by atoms with E-state index < -0.39 is 7.60 Å². The number of hydrogen-bond acceptors (Lipinski definition) is 3. The minimum Gasteiger partial charge on any atom is -0.309 e. The smallest absolute Gasteiger partial charge is 0.309 e. The van der Waals surface area contributed by atoms with Gasteiger partial charge in [-0.2, -0.15) is 0 Å². The van der Waals surface area contributed by atoms with E-state index in [9.17, 15) is 4.57 Å². The van der Waals surface area contributed by atoms with Crippen molar-refractivity contribution in [3.05, 3.63) is 48.0 Å². The lowest BCUT2D eigenvalue weighted by Crippen LogP contribution is -1.99. The normalized spacial score (nSPS) is 11.9. The molecule has 2 aromatic carbocycles. The Morgan fingerprint density at radius 3 is 2.26 bits per heavy atom. The molecule has 3 nitrogen and oxygen atoms in total. The van der Waals surface area contributed by atoms with E-state index in [1.165, 1.54) is 0 Å².